The van der Waals surface area contributed by atoms with Gasteiger partial charge in [-0.05, 0) is 25.0 Å². The number of amides is 1. The highest BCUT2D eigenvalue weighted by Gasteiger charge is 2.21. The quantitative estimate of drug-likeness (QED) is 0.815. The van der Waals surface area contributed by atoms with Gasteiger partial charge in [-0.3, -0.25) is 4.79 Å². The van der Waals surface area contributed by atoms with Crippen LogP contribution in [0, 0.1) is 0 Å². The van der Waals surface area contributed by atoms with Crippen molar-refractivity contribution in [1.82, 2.24) is 14.7 Å². The topological polar surface area (TPSA) is 81.5 Å². The number of carbonyl (C=O) groups is 1. The van der Waals surface area contributed by atoms with Crippen molar-refractivity contribution >= 4 is 5.91 Å². The fourth-order valence-electron chi connectivity index (χ4n) is 2.10. The Morgan fingerprint density at radius 3 is 2.84 bits per heavy atom. The Labute approximate surface area is 108 Å². The SMILES string of the molecule is O=C(Cn1nc(-c2ccco2)oc1=O)N1CCCC1. The summed E-state index contributed by atoms with van der Waals surface area (Å²) in [5.41, 5.74) is 0. The zero-order valence-corrected chi connectivity index (χ0v) is 10.2. The van der Waals surface area contributed by atoms with Crippen LogP contribution in [-0.4, -0.2) is 33.7 Å². The number of carbonyl (C=O) groups excluding carboxylic acids is 1. The molecule has 0 bridgehead atoms. The van der Waals surface area contributed by atoms with E-state index >= 15 is 0 Å². The van der Waals surface area contributed by atoms with E-state index < -0.39 is 5.76 Å². The van der Waals surface area contributed by atoms with Gasteiger partial charge in [0.15, 0.2) is 5.76 Å². The molecule has 0 saturated carbocycles. The maximum atomic E-state index is 11.9. The van der Waals surface area contributed by atoms with Crippen LogP contribution in [0.3, 0.4) is 0 Å². The summed E-state index contributed by atoms with van der Waals surface area (Å²) in [7, 11) is 0. The summed E-state index contributed by atoms with van der Waals surface area (Å²) >= 11 is 0. The average Bonchev–Trinajstić information content (AvgIpc) is 3.09. The molecule has 3 heterocycles. The van der Waals surface area contributed by atoms with Crippen LogP contribution in [0.2, 0.25) is 0 Å². The lowest BCUT2D eigenvalue weighted by molar-refractivity contribution is -0.131. The molecule has 1 fully saturated rings. The molecule has 19 heavy (non-hydrogen) atoms. The average molecular weight is 263 g/mol. The second kappa shape index (κ2) is 4.75. The standard InChI is InChI=1S/C12H13N3O4/c16-10(14-5-1-2-6-14)8-15-12(17)19-11(13-15)9-4-3-7-18-9/h3-4,7H,1-2,5-6,8H2. The van der Waals surface area contributed by atoms with Gasteiger partial charge in [-0.2, -0.15) is 4.68 Å². The van der Waals surface area contributed by atoms with Gasteiger partial charge in [0.2, 0.25) is 5.91 Å². The number of likely N-dealkylation sites (tertiary alicyclic amines) is 1. The van der Waals surface area contributed by atoms with Crippen molar-refractivity contribution in [3.63, 3.8) is 0 Å². The van der Waals surface area contributed by atoms with Crippen molar-refractivity contribution in [3.8, 4) is 11.7 Å². The largest absolute Gasteiger partial charge is 0.459 e. The third kappa shape index (κ3) is 2.31. The molecule has 1 aliphatic rings. The van der Waals surface area contributed by atoms with Gasteiger partial charge >= 0.3 is 5.76 Å². The Kier molecular flexibility index (Phi) is 2.94. The molecule has 100 valence electrons. The minimum atomic E-state index is -0.654. The molecule has 2 aromatic rings. The van der Waals surface area contributed by atoms with Gasteiger partial charge in [-0.15, -0.1) is 5.10 Å². The molecule has 0 unspecified atom stereocenters. The predicted octanol–water partition coefficient (Wildman–Crippen LogP) is 0.719. The van der Waals surface area contributed by atoms with Crippen LogP contribution in [0.25, 0.3) is 11.7 Å². The van der Waals surface area contributed by atoms with Crippen LogP contribution in [0.4, 0.5) is 0 Å². The molecular formula is C12H13N3O4. The maximum absolute atomic E-state index is 11.9. The first kappa shape index (κ1) is 11.8. The van der Waals surface area contributed by atoms with Crippen LogP contribution >= 0.6 is 0 Å². The van der Waals surface area contributed by atoms with Gasteiger partial charge in [0, 0.05) is 13.1 Å². The summed E-state index contributed by atoms with van der Waals surface area (Å²) in [4.78, 5) is 25.3. The first-order chi connectivity index (χ1) is 9.24. The first-order valence-electron chi connectivity index (χ1n) is 6.13. The molecule has 1 aliphatic heterocycles. The summed E-state index contributed by atoms with van der Waals surface area (Å²) in [5, 5.41) is 3.96. The molecule has 2 aromatic heterocycles. The van der Waals surface area contributed by atoms with Crippen molar-refractivity contribution < 1.29 is 13.6 Å². The van der Waals surface area contributed by atoms with E-state index in [-0.39, 0.29) is 18.3 Å². The Morgan fingerprint density at radius 2 is 2.16 bits per heavy atom. The van der Waals surface area contributed by atoms with E-state index in [4.69, 9.17) is 8.83 Å². The first-order valence-corrected chi connectivity index (χ1v) is 6.13. The van der Waals surface area contributed by atoms with Crippen LogP contribution in [-0.2, 0) is 11.3 Å². The normalized spacial score (nSPS) is 15.1. The molecule has 0 radical (unpaired) electrons. The van der Waals surface area contributed by atoms with Crippen molar-refractivity contribution in [2.45, 2.75) is 19.4 Å². The fourth-order valence-corrected chi connectivity index (χ4v) is 2.10. The second-order valence-corrected chi connectivity index (χ2v) is 4.40. The number of hydrogen-bond donors (Lipinski definition) is 0. The van der Waals surface area contributed by atoms with Crippen molar-refractivity contribution in [3.05, 3.63) is 28.9 Å². The molecule has 0 spiro atoms. The number of aromatic nitrogens is 2. The van der Waals surface area contributed by atoms with Crippen molar-refractivity contribution in [2.75, 3.05) is 13.1 Å². The Morgan fingerprint density at radius 1 is 1.37 bits per heavy atom. The highest BCUT2D eigenvalue weighted by Crippen LogP contribution is 2.15. The minimum Gasteiger partial charge on any atom is -0.459 e. The van der Waals surface area contributed by atoms with Crippen molar-refractivity contribution in [2.24, 2.45) is 0 Å². The van der Waals surface area contributed by atoms with E-state index in [1.807, 2.05) is 0 Å². The fraction of sp³-hybridized carbons (Fsp3) is 0.417. The molecule has 0 aromatic carbocycles. The van der Waals surface area contributed by atoms with E-state index in [1.165, 1.54) is 6.26 Å². The van der Waals surface area contributed by atoms with E-state index in [2.05, 4.69) is 5.10 Å². The highest BCUT2D eigenvalue weighted by molar-refractivity contribution is 5.76. The predicted molar refractivity (Wildman–Crippen MR) is 64.3 cm³/mol. The van der Waals surface area contributed by atoms with Gasteiger partial charge in [0.25, 0.3) is 5.89 Å². The summed E-state index contributed by atoms with van der Waals surface area (Å²) in [5.74, 6) is -0.313. The van der Waals surface area contributed by atoms with Crippen LogP contribution in [0.5, 0.6) is 0 Å². The minimum absolute atomic E-state index is 0.0872. The van der Waals surface area contributed by atoms with Gasteiger partial charge < -0.3 is 13.7 Å². The highest BCUT2D eigenvalue weighted by atomic mass is 16.4. The zero-order valence-electron chi connectivity index (χ0n) is 10.2. The van der Waals surface area contributed by atoms with Crippen LogP contribution < -0.4 is 5.76 Å². The molecule has 7 heteroatoms. The summed E-state index contributed by atoms with van der Waals surface area (Å²) < 4.78 is 11.1. The molecule has 0 aliphatic carbocycles. The lowest BCUT2D eigenvalue weighted by atomic mass is 10.4. The Bertz CT molecular complexity index is 620. The Hall–Kier alpha value is -2.31. The molecule has 1 amide bonds. The van der Waals surface area contributed by atoms with Crippen LogP contribution in [0.1, 0.15) is 12.8 Å². The lowest BCUT2D eigenvalue weighted by Crippen LogP contribution is -2.34. The molecule has 3 rings (SSSR count). The van der Waals surface area contributed by atoms with E-state index in [9.17, 15) is 9.59 Å². The van der Waals surface area contributed by atoms with E-state index in [0.717, 1.165) is 30.6 Å². The number of hydrogen-bond acceptors (Lipinski definition) is 5. The third-order valence-electron chi connectivity index (χ3n) is 3.08. The van der Waals surface area contributed by atoms with Crippen molar-refractivity contribution in [1.29, 1.82) is 0 Å². The molecule has 0 N–H and O–H groups in total. The number of nitrogens with zero attached hydrogens (tertiary/aromatic N) is 3. The number of rotatable bonds is 3. The number of furan rings is 1. The molecule has 1 saturated heterocycles. The molecular weight excluding hydrogens is 250 g/mol. The monoisotopic (exact) mass is 263 g/mol. The van der Waals surface area contributed by atoms with E-state index in [0.29, 0.717) is 5.76 Å². The van der Waals surface area contributed by atoms with Gasteiger partial charge in [-0.25, -0.2) is 4.79 Å². The summed E-state index contributed by atoms with van der Waals surface area (Å²) in [6.45, 7) is 1.40. The smallest absolute Gasteiger partial charge is 0.437 e. The third-order valence-corrected chi connectivity index (χ3v) is 3.08. The second-order valence-electron chi connectivity index (χ2n) is 4.40. The van der Waals surface area contributed by atoms with E-state index in [1.54, 1.807) is 17.0 Å². The zero-order chi connectivity index (χ0) is 13.2. The lowest BCUT2D eigenvalue weighted by Gasteiger charge is -2.13. The molecule has 0 atom stereocenters. The van der Waals surface area contributed by atoms with Gasteiger partial charge in [0.1, 0.15) is 6.54 Å². The molecule has 7 nitrogen and oxygen atoms in total. The maximum Gasteiger partial charge on any atom is 0.437 e. The Balaban J connectivity index is 1.78. The van der Waals surface area contributed by atoms with Crippen LogP contribution in [0.15, 0.2) is 32.0 Å². The van der Waals surface area contributed by atoms with Gasteiger partial charge in [0.05, 0.1) is 6.26 Å². The van der Waals surface area contributed by atoms with Gasteiger partial charge in [-0.1, -0.05) is 0 Å². The summed E-state index contributed by atoms with van der Waals surface area (Å²) in [6, 6.07) is 3.31. The summed E-state index contributed by atoms with van der Waals surface area (Å²) in [6.07, 6.45) is 3.48.